The summed E-state index contributed by atoms with van der Waals surface area (Å²) >= 11 is 15.3. The molecule has 9 heteroatoms. The molecule has 0 unspecified atom stereocenters. The Hall–Kier alpha value is -2.06. The molecular weight excluding hydrogens is 487 g/mol. The summed E-state index contributed by atoms with van der Waals surface area (Å²) in [6.07, 6.45) is 0. The first-order chi connectivity index (χ1) is 13.3. The summed E-state index contributed by atoms with van der Waals surface area (Å²) in [7, 11) is -3.87. The van der Waals surface area contributed by atoms with Gasteiger partial charge < -0.3 is 5.32 Å². The molecule has 3 aromatic rings. The van der Waals surface area contributed by atoms with Crippen LogP contribution in [0.15, 0.2) is 76.1 Å². The Bertz CT molecular complexity index is 1140. The van der Waals surface area contributed by atoms with Crippen molar-refractivity contribution in [2.45, 2.75) is 4.90 Å². The topological polar surface area (TPSA) is 75.3 Å². The lowest BCUT2D eigenvalue weighted by molar-refractivity contribution is 0.102. The SMILES string of the molecule is O=C(Nc1cc(Cl)ccc1Cl)c1ccccc1NS(=O)(=O)c1ccc(Br)cc1. The minimum absolute atomic E-state index is 0.0730. The minimum atomic E-state index is -3.87. The average Bonchev–Trinajstić information content (AvgIpc) is 2.65. The molecule has 0 saturated heterocycles. The van der Waals surface area contributed by atoms with Crippen LogP contribution >= 0.6 is 39.1 Å². The number of hydrogen-bond donors (Lipinski definition) is 2. The molecule has 0 aliphatic carbocycles. The Kier molecular flexibility index (Phi) is 6.30. The first-order valence-electron chi connectivity index (χ1n) is 7.90. The maximum Gasteiger partial charge on any atom is 0.261 e. The van der Waals surface area contributed by atoms with Gasteiger partial charge in [0, 0.05) is 9.50 Å². The number of anilines is 2. The number of benzene rings is 3. The molecule has 0 atom stereocenters. The molecule has 144 valence electrons. The third-order valence-corrected chi connectivity index (χ3v) is 6.19. The molecule has 0 fully saturated rings. The largest absolute Gasteiger partial charge is 0.321 e. The number of amides is 1. The number of sulfonamides is 1. The Labute approximate surface area is 180 Å². The summed E-state index contributed by atoms with van der Waals surface area (Å²) < 4.78 is 28.5. The molecule has 3 aromatic carbocycles. The minimum Gasteiger partial charge on any atom is -0.321 e. The van der Waals surface area contributed by atoms with Crippen molar-refractivity contribution in [2.75, 3.05) is 10.0 Å². The van der Waals surface area contributed by atoms with E-state index >= 15 is 0 Å². The number of rotatable bonds is 5. The lowest BCUT2D eigenvalue weighted by Crippen LogP contribution is -2.18. The van der Waals surface area contributed by atoms with Crippen LogP contribution in [-0.2, 0) is 10.0 Å². The molecule has 0 bridgehead atoms. The summed E-state index contributed by atoms with van der Waals surface area (Å²) in [4.78, 5) is 12.8. The second-order valence-corrected chi connectivity index (χ2v) is 9.13. The Morgan fingerprint density at radius 3 is 2.29 bits per heavy atom. The zero-order chi connectivity index (χ0) is 20.3. The monoisotopic (exact) mass is 498 g/mol. The fourth-order valence-electron chi connectivity index (χ4n) is 2.37. The number of carbonyl (C=O) groups excluding carboxylic acids is 1. The highest BCUT2D eigenvalue weighted by Crippen LogP contribution is 2.27. The average molecular weight is 500 g/mol. The van der Waals surface area contributed by atoms with Crippen LogP contribution in [0.4, 0.5) is 11.4 Å². The van der Waals surface area contributed by atoms with Crippen LogP contribution < -0.4 is 10.0 Å². The number of hydrogen-bond acceptors (Lipinski definition) is 3. The van der Waals surface area contributed by atoms with Gasteiger partial charge in [-0.1, -0.05) is 51.3 Å². The van der Waals surface area contributed by atoms with E-state index in [1.165, 1.54) is 30.3 Å². The Morgan fingerprint density at radius 2 is 1.57 bits per heavy atom. The fourth-order valence-corrected chi connectivity index (χ4v) is 4.05. The van der Waals surface area contributed by atoms with Gasteiger partial charge in [0.25, 0.3) is 15.9 Å². The quantitative estimate of drug-likeness (QED) is 0.465. The van der Waals surface area contributed by atoms with Gasteiger partial charge in [0.15, 0.2) is 0 Å². The molecule has 0 saturated carbocycles. The lowest BCUT2D eigenvalue weighted by Gasteiger charge is -2.13. The summed E-state index contributed by atoms with van der Waals surface area (Å²) in [5, 5.41) is 3.36. The van der Waals surface area contributed by atoms with Crippen LogP contribution in [0.2, 0.25) is 10.0 Å². The van der Waals surface area contributed by atoms with Crippen molar-refractivity contribution in [3.05, 3.63) is 86.8 Å². The maximum absolute atomic E-state index is 12.7. The van der Waals surface area contributed by atoms with Crippen LogP contribution in [0.5, 0.6) is 0 Å². The van der Waals surface area contributed by atoms with Gasteiger partial charge in [-0.05, 0) is 54.6 Å². The summed E-state index contributed by atoms with van der Waals surface area (Å²) in [5.74, 6) is -0.529. The third-order valence-electron chi connectivity index (χ3n) is 3.72. The number of para-hydroxylation sites is 1. The highest BCUT2D eigenvalue weighted by Gasteiger charge is 2.19. The van der Waals surface area contributed by atoms with Gasteiger partial charge in [0.2, 0.25) is 0 Å². The maximum atomic E-state index is 12.7. The molecular formula is C19H13BrCl2N2O3S. The molecule has 0 aliphatic heterocycles. The highest BCUT2D eigenvalue weighted by atomic mass is 79.9. The van der Waals surface area contributed by atoms with E-state index in [-0.39, 0.29) is 16.1 Å². The molecule has 0 aliphatic rings. The van der Waals surface area contributed by atoms with E-state index in [2.05, 4.69) is 26.0 Å². The van der Waals surface area contributed by atoms with Crippen LogP contribution in [0.1, 0.15) is 10.4 Å². The van der Waals surface area contributed by atoms with Gasteiger partial charge in [-0.25, -0.2) is 8.42 Å². The lowest BCUT2D eigenvalue weighted by atomic mass is 10.1. The van der Waals surface area contributed by atoms with Crippen molar-refractivity contribution in [3.8, 4) is 0 Å². The van der Waals surface area contributed by atoms with Crippen LogP contribution in [-0.4, -0.2) is 14.3 Å². The van der Waals surface area contributed by atoms with Crippen molar-refractivity contribution >= 4 is 66.4 Å². The third kappa shape index (κ3) is 4.86. The van der Waals surface area contributed by atoms with E-state index in [1.54, 1.807) is 36.4 Å². The van der Waals surface area contributed by atoms with Crippen LogP contribution in [0.3, 0.4) is 0 Å². The predicted octanol–water partition coefficient (Wildman–Crippen LogP) is 5.81. The summed E-state index contributed by atoms with van der Waals surface area (Å²) in [5.41, 5.74) is 0.602. The summed E-state index contributed by atoms with van der Waals surface area (Å²) in [6.45, 7) is 0. The molecule has 0 radical (unpaired) electrons. The van der Waals surface area contributed by atoms with E-state index in [4.69, 9.17) is 23.2 Å². The normalized spacial score (nSPS) is 11.1. The van der Waals surface area contributed by atoms with Crippen molar-refractivity contribution in [1.82, 2.24) is 0 Å². The zero-order valence-corrected chi connectivity index (χ0v) is 18.0. The molecule has 3 rings (SSSR count). The standard InChI is InChI=1S/C19H13BrCl2N2O3S/c20-12-5-8-14(9-6-12)28(26,27)24-17-4-2-1-3-15(17)19(25)23-18-11-13(21)7-10-16(18)22/h1-11,24H,(H,23,25). The molecule has 0 heterocycles. The van der Waals surface area contributed by atoms with Crippen molar-refractivity contribution in [3.63, 3.8) is 0 Å². The second kappa shape index (κ2) is 8.53. The molecule has 0 spiro atoms. The second-order valence-electron chi connectivity index (χ2n) is 5.68. The summed E-state index contributed by atoms with van der Waals surface area (Å²) in [6, 6.07) is 17.1. The molecule has 28 heavy (non-hydrogen) atoms. The molecule has 5 nitrogen and oxygen atoms in total. The first-order valence-corrected chi connectivity index (χ1v) is 10.9. The van der Waals surface area contributed by atoms with Gasteiger partial charge in [-0.2, -0.15) is 0 Å². The fraction of sp³-hybridized carbons (Fsp3) is 0. The Balaban J connectivity index is 1.89. The molecule has 1 amide bonds. The van der Waals surface area contributed by atoms with E-state index in [9.17, 15) is 13.2 Å². The van der Waals surface area contributed by atoms with Crippen LogP contribution in [0.25, 0.3) is 0 Å². The van der Waals surface area contributed by atoms with Gasteiger partial charge in [-0.15, -0.1) is 0 Å². The predicted molar refractivity (Wildman–Crippen MR) is 116 cm³/mol. The molecule has 2 N–H and O–H groups in total. The number of halogens is 3. The van der Waals surface area contributed by atoms with Crippen molar-refractivity contribution in [2.24, 2.45) is 0 Å². The van der Waals surface area contributed by atoms with Crippen LogP contribution in [0, 0.1) is 0 Å². The van der Waals surface area contributed by atoms with E-state index in [0.29, 0.717) is 15.7 Å². The first kappa shape index (κ1) is 20.7. The van der Waals surface area contributed by atoms with Gasteiger partial charge in [-0.3, -0.25) is 9.52 Å². The highest BCUT2D eigenvalue weighted by molar-refractivity contribution is 9.10. The van der Waals surface area contributed by atoms with Gasteiger partial charge >= 0.3 is 0 Å². The Morgan fingerprint density at radius 1 is 0.893 bits per heavy atom. The van der Waals surface area contributed by atoms with E-state index < -0.39 is 15.9 Å². The molecule has 0 aromatic heterocycles. The van der Waals surface area contributed by atoms with Gasteiger partial charge in [0.05, 0.1) is 26.9 Å². The van der Waals surface area contributed by atoms with E-state index in [0.717, 1.165) is 4.47 Å². The van der Waals surface area contributed by atoms with Crippen molar-refractivity contribution < 1.29 is 13.2 Å². The van der Waals surface area contributed by atoms with Crippen molar-refractivity contribution in [1.29, 1.82) is 0 Å². The van der Waals surface area contributed by atoms with E-state index in [1.807, 2.05) is 0 Å². The zero-order valence-electron chi connectivity index (χ0n) is 14.1. The number of nitrogens with one attached hydrogen (secondary N) is 2. The van der Waals surface area contributed by atoms with Gasteiger partial charge in [0.1, 0.15) is 0 Å². The smallest absolute Gasteiger partial charge is 0.261 e. The number of carbonyl (C=O) groups is 1.